The molecule has 1 aliphatic carbocycles. The van der Waals surface area contributed by atoms with Gasteiger partial charge in [0.25, 0.3) is 0 Å². The van der Waals surface area contributed by atoms with E-state index in [1.54, 1.807) is 0 Å². The fraction of sp³-hybridized carbons (Fsp3) is 1.00. The lowest BCUT2D eigenvalue weighted by molar-refractivity contribution is 0.178. The Hall–Kier alpha value is 0.660. The number of hydrogen-bond acceptors (Lipinski definition) is 3. The Balaban J connectivity index is 1.83. The SMILES string of the molecule is OC1CCC(C2SCCCS2)C1. The Morgan fingerprint density at radius 3 is 2.42 bits per heavy atom. The molecule has 0 aromatic rings. The van der Waals surface area contributed by atoms with Gasteiger partial charge >= 0.3 is 0 Å². The van der Waals surface area contributed by atoms with Gasteiger partial charge in [0.2, 0.25) is 0 Å². The van der Waals surface area contributed by atoms with Crippen LogP contribution in [0.2, 0.25) is 0 Å². The summed E-state index contributed by atoms with van der Waals surface area (Å²) in [6.07, 6.45) is 4.75. The molecule has 2 fully saturated rings. The average Bonchev–Trinajstić information content (AvgIpc) is 2.54. The molecule has 0 bridgehead atoms. The van der Waals surface area contributed by atoms with Crippen LogP contribution >= 0.6 is 23.5 Å². The molecule has 70 valence electrons. The van der Waals surface area contributed by atoms with Gasteiger partial charge in [0.15, 0.2) is 0 Å². The van der Waals surface area contributed by atoms with E-state index in [9.17, 15) is 5.11 Å². The summed E-state index contributed by atoms with van der Waals surface area (Å²) in [5, 5.41) is 9.41. The van der Waals surface area contributed by atoms with Crippen molar-refractivity contribution >= 4 is 23.5 Å². The Bertz CT molecular complexity index is 143. The molecule has 0 radical (unpaired) electrons. The van der Waals surface area contributed by atoms with Crippen LogP contribution in [-0.4, -0.2) is 27.3 Å². The molecule has 2 unspecified atom stereocenters. The highest BCUT2D eigenvalue weighted by Crippen LogP contribution is 2.42. The zero-order valence-electron chi connectivity index (χ0n) is 7.24. The summed E-state index contributed by atoms with van der Waals surface area (Å²) in [7, 11) is 0. The van der Waals surface area contributed by atoms with Gasteiger partial charge in [-0.05, 0) is 43.1 Å². The molecular formula is C9H16OS2. The Labute approximate surface area is 82.7 Å². The van der Waals surface area contributed by atoms with Gasteiger partial charge in [-0.25, -0.2) is 0 Å². The molecule has 1 saturated heterocycles. The first-order valence-corrected chi connectivity index (χ1v) is 6.87. The zero-order chi connectivity index (χ0) is 8.39. The highest BCUT2D eigenvalue weighted by Gasteiger charge is 2.31. The summed E-state index contributed by atoms with van der Waals surface area (Å²) >= 11 is 4.23. The van der Waals surface area contributed by atoms with Crippen molar-refractivity contribution in [2.24, 2.45) is 5.92 Å². The maximum Gasteiger partial charge on any atom is 0.0543 e. The third-order valence-corrected chi connectivity index (χ3v) is 5.98. The lowest BCUT2D eigenvalue weighted by Gasteiger charge is -2.26. The van der Waals surface area contributed by atoms with Crippen LogP contribution in [0.5, 0.6) is 0 Å². The minimum absolute atomic E-state index is 0.0122. The van der Waals surface area contributed by atoms with Crippen LogP contribution in [0.4, 0.5) is 0 Å². The minimum Gasteiger partial charge on any atom is -0.393 e. The number of hydrogen-bond donors (Lipinski definition) is 1. The second-order valence-corrected chi connectivity index (χ2v) is 6.49. The lowest BCUT2D eigenvalue weighted by atomic mass is 10.1. The van der Waals surface area contributed by atoms with Crippen LogP contribution < -0.4 is 0 Å². The standard InChI is InChI=1S/C9H16OS2/c10-8-3-2-7(6-8)9-11-4-1-5-12-9/h7-10H,1-6H2. The van der Waals surface area contributed by atoms with E-state index in [0.29, 0.717) is 0 Å². The van der Waals surface area contributed by atoms with Crippen LogP contribution in [-0.2, 0) is 0 Å². The summed E-state index contributed by atoms with van der Waals surface area (Å²) in [5.41, 5.74) is 0. The molecule has 1 saturated carbocycles. The van der Waals surface area contributed by atoms with Crippen molar-refractivity contribution < 1.29 is 5.11 Å². The van der Waals surface area contributed by atoms with Crippen molar-refractivity contribution in [3.05, 3.63) is 0 Å². The van der Waals surface area contributed by atoms with Crippen LogP contribution in [0.25, 0.3) is 0 Å². The molecule has 12 heavy (non-hydrogen) atoms. The molecular weight excluding hydrogens is 188 g/mol. The number of aliphatic hydroxyl groups is 1. The predicted octanol–water partition coefficient (Wildman–Crippen LogP) is 2.34. The minimum atomic E-state index is 0.0122. The van der Waals surface area contributed by atoms with Gasteiger partial charge in [-0.15, -0.1) is 23.5 Å². The molecule has 1 heterocycles. The van der Waals surface area contributed by atoms with Crippen LogP contribution in [0.3, 0.4) is 0 Å². The molecule has 1 nitrogen and oxygen atoms in total. The summed E-state index contributed by atoms with van der Waals surface area (Å²) < 4.78 is 0.802. The molecule has 2 atom stereocenters. The summed E-state index contributed by atoms with van der Waals surface area (Å²) in [6.45, 7) is 0. The van der Waals surface area contributed by atoms with Crippen molar-refractivity contribution in [1.29, 1.82) is 0 Å². The van der Waals surface area contributed by atoms with Crippen LogP contribution in [0.1, 0.15) is 25.7 Å². The fourth-order valence-corrected chi connectivity index (χ4v) is 5.29. The van der Waals surface area contributed by atoms with E-state index >= 15 is 0 Å². The smallest absolute Gasteiger partial charge is 0.0543 e. The van der Waals surface area contributed by atoms with Crippen molar-refractivity contribution in [3.63, 3.8) is 0 Å². The largest absolute Gasteiger partial charge is 0.393 e. The van der Waals surface area contributed by atoms with Gasteiger partial charge < -0.3 is 5.11 Å². The second-order valence-electron chi connectivity index (χ2n) is 3.69. The lowest BCUT2D eigenvalue weighted by Crippen LogP contribution is -2.16. The first kappa shape index (κ1) is 9.22. The predicted molar refractivity (Wildman–Crippen MR) is 56.7 cm³/mol. The molecule has 1 aliphatic heterocycles. The Kier molecular flexibility index (Phi) is 3.27. The molecule has 0 spiro atoms. The first-order chi connectivity index (χ1) is 5.86. The van der Waals surface area contributed by atoms with Crippen LogP contribution in [0, 0.1) is 5.92 Å². The van der Waals surface area contributed by atoms with E-state index < -0.39 is 0 Å². The molecule has 1 N–H and O–H groups in total. The van der Waals surface area contributed by atoms with Crippen molar-refractivity contribution in [3.8, 4) is 0 Å². The maximum atomic E-state index is 9.41. The molecule has 3 heteroatoms. The van der Waals surface area contributed by atoms with E-state index in [2.05, 4.69) is 23.5 Å². The van der Waals surface area contributed by atoms with Crippen molar-refractivity contribution in [2.75, 3.05) is 11.5 Å². The van der Waals surface area contributed by atoms with E-state index in [-0.39, 0.29) is 6.10 Å². The van der Waals surface area contributed by atoms with Gasteiger partial charge in [0.05, 0.1) is 10.7 Å². The molecule has 2 aliphatic rings. The Morgan fingerprint density at radius 1 is 1.08 bits per heavy atom. The third-order valence-electron chi connectivity index (χ3n) is 2.68. The zero-order valence-corrected chi connectivity index (χ0v) is 8.87. The summed E-state index contributed by atoms with van der Waals surface area (Å²) in [4.78, 5) is 0. The highest BCUT2D eigenvalue weighted by molar-refractivity contribution is 8.17. The van der Waals surface area contributed by atoms with Crippen molar-refractivity contribution in [2.45, 2.75) is 36.4 Å². The van der Waals surface area contributed by atoms with Gasteiger partial charge in [-0.3, -0.25) is 0 Å². The second kappa shape index (κ2) is 4.25. The molecule has 2 rings (SSSR count). The molecule has 0 aromatic heterocycles. The summed E-state index contributed by atoms with van der Waals surface area (Å²) in [5.74, 6) is 3.48. The van der Waals surface area contributed by atoms with Gasteiger partial charge in [-0.2, -0.15) is 0 Å². The van der Waals surface area contributed by atoms with Crippen molar-refractivity contribution in [1.82, 2.24) is 0 Å². The number of thioether (sulfide) groups is 2. The summed E-state index contributed by atoms with van der Waals surface area (Å²) in [6, 6.07) is 0. The number of aliphatic hydroxyl groups excluding tert-OH is 1. The average molecular weight is 204 g/mol. The maximum absolute atomic E-state index is 9.41. The Morgan fingerprint density at radius 2 is 1.83 bits per heavy atom. The number of rotatable bonds is 1. The topological polar surface area (TPSA) is 20.2 Å². The quantitative estimate of drug-likeness (QED) is 0.708. The molecule has 0 aromatic carbocycles. The van der Waals surface area contributed by atoms with E-state index in [4.69, 9.17) is 0 Å². The fourth-order valence-electron chi connectivity index (χ4n) is 2.02. The monoisotopic (exact) mass is 204 g/mol. The normalized spacial score (nSPS) is 38.8. The van der Waals surface area contributed by atoms with Gasteiger partial charge in [0.1, 0.15) is 0 Å². The van der Waals surface area contributed by atoms with Gasteiger partial charge in [0, 0.05) is 0 Å². The van der Waals surface area contributed by atoms with Gasteiger partial charge in [-0.1, -0.05) is 0 Å². The van der Waals surface area contributed by atoms with E-state index in [1.807, 2.05) is 0 Å². The van der Waals surface area contributed by atoms with E-state index in [1.165, 1.54) is 24.3 Å². The highest BCUT2D eigenvalue weighted by atomic mass is 32.2. The van der Waals surface area contributed by atoms with Crippen LogP contribution in [0.15, 0.2) is 0 Å². The van der Waals surface area contributed by atoms with E-state index in [0.717, 1.165) is 23.3 Å². The molecule has 0 amide bonds. The first-order valence-electron chi connectivity index (χ1n) is 4.77. The third kappa shape index (κ3) is 2.12.